The van der Waals surface area contributed by atoms with Crippen molar-refractivity contribution in [2.45, 2.75) is 46.0 Å². The third-order valence-electron chi connectivity index (χ3n) is 6.94. The van der Waals surface area contributed by atoms with Gasteiger partial charge in [0.15, 0.2) is 0 Å². The molecule has 1 aliphatic rings. The van der Waals surface area contributed by atoms with E-state index in [9.17, 15) is 0 Å². The lowest BCUT2D eigenvalue weighted by atomic mass is 9.68. The largest absolute Gasteiger partial charge is 0.349 e. The Labute approximate surface area is 194 Å². The summed E-state index contributed by atoms with van der Waals surface area (Å²) in [5.41, 5.74) is 9.52. The minimum absolute atomic E-state index is 0.0371. The number of pyridine rings is 1. The predicted octanol–water partition coefficient (Wildman–Crippen LogP) is 8.94. The molecule has 0 spiro atoms. The van der Waals surface area contributed by atoms with E-state index in [2.05, 4.69) is 120 Å². The standard InChI is InChI=1S/C27H25Br2N/c1-14-11-19-16(3)17-9-10-24(29)30-23(17)13-21(19)26(14)27(4,5)25-15(2)12-20-18(25)7-6-8-22(20)28/h6-13,25,30H,1-5H3. The van der Waals surface area contributed by atoms with Gasteiger partial charge in [-0.05, 0) is 99.6 Å². The van der Waals surface area contributed by atoms with Crippen molar-refractivity contribution in [3.63, 3.8) is 0 Å². The summed E-state index contributed by atoms with van der Waals surface area (Å²) in [5, 5.41) is 4.02. The molecule has 0 saturated carbocycles. The molecular weight excluding hydrogens is 498 g/mol. The molecule has 0 bridgehead atoms. The van der Waals surface area contributed by atoms with Gasteiger partial charge >= 0.3 is 0 Å². The third-order valence-corrected chi connectivity index (χ3v) is 8.10. The van der Waals surface area contributed by atoms with Crippen LogP contribution in [-0.2, 0) is 5.41 Å². The van der Waals surface area contributed by atoms with Crippen LogP contribution >= 0.6 is 31.9 Å². The van der Waals surface area contributed by atoms with Gasteiger partial charge in [-0.2, -0.15) is 0 Å². The van der Waals surface area contributed by atoms with Gasteiger partial charge in [-0.1, -0.05) is 59.6 Å². The molecule has 3 heteroatoms. The summed E-state index contributed by atoms with van der Waals surface area (Å²) in [6.45, 7) is 11.6. The SMILES string of the molecule is CC1=Cc2c(Br)cccc2C1C(C)(C)c1c(C)cc2c(C)c3ccc(Br)[nH]c3cc12. The van der Waals surface area contributed by atoms with Gasteiger partial charge in [-0.25, -0.2) is 0 Å². The topological polar surface area (TPSA) is 15.8 Å². The van der Waals surface area contributed by atoms with Crippen LogP contribution < -0.4 is 0 Å². The lowest BCUT2D eigenvalue weighted by Crippen LogP contribution is -2.27. The molecule has 1 nitrogen and oxygen atoms in total. The second-order valence-corrected chi connectivity index (χ2v) is 10.9. The van der Waals surface area contributed by atoms with Crippen LogP contribution in [0.1, 0.15) is 54.5 Å². The van der Waals surface area contributed by atoms with Gasteiger partial charge < -0.3 is 4.98 Å². The van der Waals surface area contributed by atoms with Gasteiger partial charge in [0.2, 0.25) is 0 Å². The minimum atomic E-state index is -0.0371. The van der Waals surface area contributed by atoms with E-state index in [-0.39, 0.29) is 5.41 Å². The maximum Gasteiger partial charge on any atom is 0.0824 e. The van der Waals surface area contributed by atoms with Crippen LogP contribution in [0, 0.1) is 13.8 Å². The molecule has 5 rings (SSSR count). The second kappa shape index (κ2) is 6.83. The van der Waals surface area contributed by atoms with Crippen molar-refractivity contribution in [2.24, 2.45) is 0 Å². The molecular formula is C27H25Br2N. The number of hydrogen-bond donors (Lipinski definition) is 1. The summed E-state index contributed by atoms with van der Waals surface area (Å²) in [4.78, 5) is 3.51. The molecule has 1 unspecified atom stereocenters. The first kappa shape index (κ1) is 20.1. The molecule has 1 atom stereocenters. The van der Waals surface area contributed by atoms with E-state index in [1.807, 2.05) is 0 Å². The summed E-state index contributed by atoms with van der Waals surface area (Å²) >= 11 is 7.37. The Morgan fingerprint density at radius 3 is 2.43 bits per heavy atom. The maximum atomic E-state index is 3.76. The summed E-state index contributed by atoms with van der Waals surface area (Å²) in [6, 6.07) is 15.6. The molecule has 0 fully saturated rings. The summed E-state index contributed by atoms with van der Waals surface area (Å²) in [5.74, 6) is 0.358. The molecule has 0 radical (unpaired) electrons. The van der Waals surface area contributed by atoms with Gasteiger partial charge in [-0.3, -0.25) is 0 Å². The van der Waals surface area contributed by atoms with E-state index in [0.717, 1.165) is 4.60 Å². The fourth-order valence-corrected chi connectivity index (χ4v) is 6.70. The van der Waals surface area contributed by atoms with E-state index in [0.29, 0.717) is 5.92 Å². The van der Waals surface area contributed by atoms with Crippen molar-refractivity contribution in [3.8, 4) is 0 Å². The molecule has 1 N–H and O–H groups in total. The van der Waals surface area contributed by atoms with E-state index in [1.165, 1.54) is 59.5 Å². The summed E-state index contributed by atoms with van der Waals surface area (Å²) < 4.78 is 2.19. The molecule has 30 heavy (non-hydrogen) atoms. The van der Waals surface area contributed by atoms with Crippen LogP contribution in [0.2, 0.25) is 0 Å². The van der Waals surface area contributed by atoms with Crippen LogP contribution in [0.5, 0.6) is 0 Å². The number of H-pyrrole nitrogens is 1. The number of aromatic nitrogens is 1. The molecule has 4 aromatic rings. The highest BCUT2D eigenvalue weighted by Crippen LogP contribution is 2.53. The van der Waals surface area contributed by atoms with Crippen molar-refractivity contribution < 1.29 is 0 Å². The number of hydrogen-bond acceptors (Lipinski definition) is 0. The van der Waals surface area contributed by atoms with Crippen LogP contribution in [-0.4, -0.2) is 4.98 Å². The van der Waals surface area contributed by atoms with Gasteiger partial charge in [0.25, 0.3) is 0 Å². The Kier molecular flexibility index (Phi) is 4.57. The van der Waals surface area contributed by atoms with Crippen molar-refractivity contribution in [2.75, 3.05) is 0 Å². The Hall–Kier alpha value is -1.84. The molecule has 3 aromatic carbocycles. The first-order valence-corrected chi connectivity index (χ1v) is 12.0. The zero-order valence-corrected chi connectivity index (χ0v) is 21.1. The highest BCUT2D eigenvalue weighted by atomic mass is 79.9. The molecule has 152 valence electrons. The Balaban J connectivity index is 1.79. The lowest BCUT2D eigenvalue weighted by Gasteiger charge is -2.35. The van der Waals surface area contributed by atoms with Gasteiger partial charge in [0, 0.05) is 26.7 Å². The van der Waals surface area contributed by atoms with Crippen molar-refractivity contribution in [1.29, 1.82) is 0 Å². The minimum Gasteiger partial charge on any atom is -0.349 e. The zero-order chi connectivity index (χ0) is 21.4. The fraction of sp³-hybridized carbons (Fsp3) is 0.259. The smallest absolute Gasteiger partial charge is 0.0824 e. The molecule has 0 saturated heterocycles. The number of allylic oxidation sites excluding steroid dienone is 1. The molecule has 1 aromatic heterocycles. The predicted molar refractivity (Wildman–Crippen MR) is 137 cm³/mol. The molecule has 1 heterocycles. The summed E-state index contributed by atoms with van der Waals surface area (Å²) in [6.07, 6.45) is 2.36. The second-order valence-electron chi connectivity index (χ2n) is 9.22. The maximum absolute atomic E-state index is 3.76. The van der Waals surface area contributed by atoms with Crippen LogP contribution in [0.4, 0.5) is 0 Å². The van der Waals surface area contributed by atoms with Crippen LogP contribution in [0.25, 0.3) is 27.8 Å². The third kappa shape index (κ3) is 2.78. The number of nitrogens with one attached hydrogen (secondary N) is 1. The number of fused-ring (bicyclic) bond motifs is 3. The van der Waals surface area contributed by atoms with Gasteiger partial charge in [0.1, 0.15) is 0 Å². The van der Waals surface area contributed by atoms with Gasteiger partial charge in [0.05, 0.1) is 4.60 Å². The number of halogens is 2. The van der Waals surface area contributed by atoms with E-state index < -0.39 is 0 Å². The average molecular weight is 523 g/mol. The average Bonchev–Trinajstić information content (AvgIpc) is 3.19. The van der Waals surface area contributed by atoms with Crippen LogP contribution in [0.3, 0.4) is 0 Å². The highest BCUT2D eigenvalue weighted by Gasteiger charge is 2.40. The van der Waals surface area contributed by atoms with E-state index in [4.69, 9.17) is 0 Å². The molecule has 0 amide bonds. The first-order valence-electron chi connectivity index (χ1n) is 10.4. The first-order chi connectivity index (χ1) is 14.2. The molecule has 0 aliphatic heterocycles. The van der Waals surface area contributed by atoms with Crippen molar-refractivity contribution in [3.05, 3.63) is 84.9 Å². The van der Waals surface area contributed by atoms with Gasteiger partial charge in [-0.15, -0.1) is 0 Å². The zero-order valence-electron chi connectivity index (χ0n) is 18.0. The number of benzene rings is 2. The fourth-order valence-electron chi connectivity index (χ4n) is 5.86. The monoisotopic (exact) mass is 521 g/mol. The Morgan fingerprint density at radius 1 is 0.900 bits per heavy atom. The Morgan fingerprint density at radius 2 is 1.67 bits per heavy atom. The van der Waals surface area contributed by atoms with E-state index >= 15 is 0 Å². The van der Waals surface area contributed by atoms with E-state index in [1.54, 1.807) is 0 Å². The van der Waals surface area contributed by atoms with Crippen molar-refractivity contribution >= 4 is 59.6 Å². The lowest BCUT2D eigenvalue weighted by molar-refractivity contribution is 0.461. The normalized spacial score (nSPS) is 16.4. The Bertz CT molecular complexity index is 1370. The van der Waals surface area contributed by atoms with Crippen molar-refractivity contribution in [1.82, 2.24) is 4.98 Å². The molecule has 1 aliphatic carbocycles. The quantitative estimate of drug-likeness (QED) is 0.253. The summed E-state index contributed by atoms with van der Waals surface area (Å²) in [7, 11) is 0. The highest BCUT2D eigenvalue weighted by molar-refractivity contribution is 9.10. The number of aromatic amines is 1. The number of rotatable bonds is 2. The van der Waals surface area contributed by atoms with Crippen LogP contribution in [0.15, 0.2) is 57.1 Å². The number of aryl methyl sites for hydroxylation is 2.